The zero-order valence-corrected chi connectivity index (χ0v) is 9.22. The Labute approximate surface area is 89.6 Å². The third-order valence-electron chi connectivity index (χ3n) is 2.89. The topological polar surface area (TPSA) is 70.0 Å². The molecule has 0 spiro atoms. The number of hydrogen-bond donors (Lipinski definition) is 2. The van der Waals surface area contributed by atoms with Gasteiger partial charge in [0.1, 0.15) is 0 Å². The summed E-state index contributed by atoms with van der Waals surface area (Å²) in [7, 11) is 1.90. The van der Waals surface area contributed by atoms with E-state index < -0.39 is 12.1 Å². The molecular formula is C10H19NO4. The third kappa shape index (κ3) is 3.44. The fraction of sp³-hybridized carbons (Fsp3) is 0.900. The molecule has 1 heterocycles. The van der Waals surface area contributed by atoms with E-state index in [1.165, 1.54) is 0 Å². The minimum Gasteiger partial charge on any atom is -0.479 e. The second-order valence-corrected chi connectivity index (χ2v) is 4.13. The van der Waals surface area contributed by atoms with Gasteiger partial charge in [-0.1, -0.05) is 0 Å². The Kier molecular flexibility index (Phi) is 4.50. The highest BCUT2D eigenvalue weighted by Gasteiger charge is 2.31. The molecule has 0 aromatic rings. The van der Waals surface area contributed by atoms with E-state index in [4.69, 9.17) is 14.9 Å². The van der Waals surface area contributed by atoms with Gasteiger partial charge in [-0.3, -0.25) is 4.90 Å². The van der Waals surface area contributed by atoms with Crippen molar-refractivity contribution in [2.45, 2.75) is 38.0 Å². The van der Waals surface area contributed by atoms with Crippen LogP contribution in [-0.4, -0.2) is 59.5 Å². The summed E-state index contributed by atoms with van der Waals surface area (Å²) in [6.45, 7) is 2.70. The van der Waals surface area contributed by atoms with E-state index in [0.29, 0.717) is 13.0 Å². The van der Waals surface area contributed by atoms with Crippen LogP contribution in [0.4, 0.5) is 0 Å². The largest absolute Gasteiger partial charge is 0.479 e. The van der Waals surface area contributed by atoms with Crippen LogP contribution in [0.2, 0.25) is 0 Å². The smallest absolute Gasteiger partial charge is 0.332 e. The number of aliphatic hydroxyl groups excluding tert-OH is 1. The zero-order chi connectivity index (χ0) is 11.4. The number of aliphatic hydroxyl groups is 1. The van der Waals surface area contributed by atoms with Gasteiger partial charge in [-0.15, -0.1) is 0 Å². The lowest BCUT2D eigenvalue weighted by Gasteiger charge is -2.25. The summed E-state index contributed by atoms with van der Waals surface area (Å²) in [5, 5.41) is 17.7. The van der Waals surface area contributed by atoms with E-state index in [9.17, 15) is 4.79 Å². The van der Waals surface area contributed by atoms with Gasteiger partial charge in [0, 0.05) is 12.6 Å². The predicted octanol–water partition coefficient (Wildman–Crippen LogP) is -0.0688. The summed E-state index contributed by atoms with van der Waals surface area (Å²) in [5.41, 5.74) is 0. The van der Waals surface area contributed by atoms with E-state index in [2.05, 4.69) is 0 Å². The molecule has 5 heteroatoms. The van der Waals surface area contributed by atoms with Crippen molar-refractivity contribution in [1.29, 1.82) is 0 Å². The fourth-order valence-electron chi connectivity index (χ4n) is 1.66. The molecule has 1 rings (SSSR count). The van der Waals surface area contributed by atoms with E-state index in [-0.39, 0.29) is 18.8 Å². The average Bonchev–Trinajstić information content (AvgIpc) is 2.65. The summed E-state index contributed by atoms with van der Waals surface area (Å²) >= 11 is 0. The summed E-state index contributed by atoms with van der Waals surface area (Å²) in [4.78, 5) is 12.6. The molecule has 0 aromatic carbocycles. The molecule has 1 fully saturated rings. The van der Waals surface area contributed by atoms with E-state index in [0.717, 1.165) is 6.42 Å². The molecule has 2 N–H and O–H groups in total. The van der Waals surface area contributed by atoms with E-state index >= 15 is 0 Å². The molecule has 15 heavy (non-hydrogen) atoms. The van der Waals surface area contributed by atoms with Gasteiger partial charge in [-0.2, -0.15) is 0 Å². The van der Waals surface area contributed by atoms with Gasteiger partial charge in [0.2, 0.25) is 0 Å². The first-order chi connectivity index (χ1) is 7.04. The van der Waals surface area contributed by atoms with Crippen molar-refractivity contribution < 1.29 is 19.7 Å². The maximum Gasteiger partial charge on any atom is 0.332 e. The highest BCUT2D eigenvalue weighted by molar-refractivity contribution is 5.72. The molecule has 1 aliphatic rings. The highest BCUT2D eigenvalue weighted by atomic mass is 16.5. The summed E-state index contributed by atoms with van der Waals surface area (Å²) < 4.78 is 5.37. The maximum atomic E-state index is 10.6. The van der Waals surface area contributed by atoms with Gasteiger partial charge in [-0.05, 0) is 26.8 Å². The predicted molar refractivity (Wildman–Crippen MR) is 54.7 cm³/mol. The monoisotopic (exact) mass is 217 g/mol. The molecule has 3 unspecified atom stereocenters. The molecule has 88 valence electrons. The Morgan fingerprint density at radius 3 is 2.73 bits per heavy atom. The van der Waals surface area contributed by atoms with Crippen LogP contribution in [0.25, 0.3) is 0 Å². The normalized spacial score (nSPS) is 28.3. The Hall–Kier alpha value is -0.650. The number of carboxylic acid groups (broad SMARTS) is 1. The van der Waals surface area contributed by atoms with Crippen molar-refractivity contribution in [3.63, 3.8) is 0 Å². The minimum absolute atomic E-state index is 0.0231. The van der Waals surface area contributed by atoms with Crippen molar-refractivity contribution in [3.05, 3.63) is 0 Å². The number of carbonyl (C=O) groups is 1. The van der Waals surface area contributed by atoms with Crippen molar-refractivity contribution in [1.82, 2.24) is 4.90 Å². The van der Waals surface area contributed by atoms with E-state index in [1.54, 1.807) is 0 Å². The molecule has 1 aliphatic heterocycles. The molecule has 0 radical (unpaired) electrons. The van der Waals surface area contributed by atoms with E-state index in [1.807, 2.05) is 18.9 Å². The molecule has 0 bridgehead atoms. The average molecular weight is 217 g/mol. The van der Waals surface area contributed by atoms with Gasteiger partial charge in [0.25, 0.3) is 0 Å². The quantitative estimate of drug-likeness (QED) is 0.674. The van der Waals surface area contributed by atoms with Crippen LogP contribution in [0, 0.1) is 0 Å². The van der Waals surface area contributed by atoms with Gasteiger partial charge in [0.05, 0.1) is 12.7 Å². The molecule has 0 amide bonds. The number of hydrogen-bond acceptors (Lipinski definition) is 4. The summed E-state index contributed by atoms with van der Waals surface area (Å²) in [5.74, 6) is -0.879. The molecule has 5 nitrogen and oxygen atoms in total. The molecular weight excluding hydrogens is 198 g/mol. The van der Waals surface area contributed by atoms with Crippen molar-refractivity contribution in [3.8, 4) is 0 Å². The summed E-state index contributed by atoms with van der Waals surface area (Å²) in [6.07, 6.45) is 0.693. The summed E-state index contributed by atoms with van der Waals surface area (Å²) in [6, 6.07) is 0.0810. The van der Waals surface area contributed by atoms with Crippen LogP contribution in [0.15, 0.2) is 0 Å². The van der Waals surface area contributed by atoms with Crippen molar-refractivity contribution in [2.24, 2.45) is 0 Å². The Balaban J connectivity index is 2.32. The second kappa shape index (κ2) is 5.44. The fourth-order valence-corrected chi connectivity index (χ4v) is 1.66. The number of likely N-dealkylation sites (N-methyl/N-ethyl adjacent to an activating group) is 1. The van der Waals surface area contributed by atoms with Gasteiger partial charge < -0.3 is 14.9 Å². The third-order valence-corrected chi connectivity index (χ3v) is 2.89. The van der Waals surface area contributed by atoms with Gasteiger partial charge in [0.15, 0.2) is 6.10 Å². The number of ether oxygens (including phenoxy) is 1. The number of rotatable bonds is 5. The van der Waals surface area contributed by atoms with Crippen molar-refractivity contribution in [2.75, 3.05) is 20.2 Å². The van der Waals surface area contributed by atoms with Crippen LogP contribution in [-0.2, 0) is 9.53 Å². The number of aliphatic carboxylic acids is 1. The molecule has 0 aliphatic carbocycles. The van der Waals surface area contributed by atoms with Crippen LogP contribution >= 0.6 is 0 Å². The molecule has 0 aromatic heterocycles. The van der Waals surface area contributed by atoms with Crippen LogP contribution < -0.4 is 0 Å². The lowest BCUT2D eigenvalue weighted by Crippen LogP contribution is -2.38. The minimum atomic E-state index is -0.879. The molecule has 1 saturated heterocycles. The maximum absolute atomic E-state index is 10.6. The van der Waals surface area contributed by atoms with Crippen LogP contribution in [0.3, 0.4) is 0 Å². The second-order valence-electron chi connectivity index (χ2n) is 4.13. The first-order valence-corrected chi connectivity index (χ1v) is 5.24. The van der Waals surface area contributed by atoms with Gasteiger partial charge >= 0.3 is 5.97 Å². The Morgan fingerprint density at radius 1 is 1.60 bits per heavy atom. The molecule has 3 atom stereocenters. The standard InChI is InChI=1S/C10H19NO4/c1-7(6-12)11(2)5-8-3-4-9(15-8)10(13)14/h7-9,12H,3-6H2,1-2H3,(H,13,14). The highest BCUT2D eigenvalue weighted by Crippen LogP contribution is 2.20. The first kappa shape index (κ1) is 12.4. The number of carboxylic acids is 1. The van der Waals surface area contributed by atoms with Gasteiger partial charge in [-0.25, -0.2) is 4.79 Å². The lowest BCUT2D eigenvalue weighted by atomic mass is 10.2. The Morgan fingerprint density at radius 2 is 2.27 bits per heavy atom. The first-order valence-electron chi connectivity index (χ1n) is 5.24. The Bertz CT molecular complexity index is 221. The lowest BCUT2D eigenvalue weighted by molar-refractivity contribution is -0.149. The zero-order valence-electron chi connectivity index (χ0n) is 9.22. The molecule has 0 saturated carbocycles. The van der Waals surface area contributed by atoms with Crippen LogP contribution in [0.5, 0.6) is 0 Å². The SMILES string of the molecule is CC(CO)N(C)CC1CCC(C(=O)O)O1. The van der Waals surface area contributed by atoms with Crippen molar-refractivity contribution >= 4 is 5.97 Å². The van der Waals surface area contributed by atoms with Crippen LogP contribution in [0.1, 0.15) is 19.8 Å². The number of nitrogens with zero attached hydrogens (tertiary/aromatic N) is 1.